The quantitative estimate of drug-likeness (QED) is 0.901. The maximum absolute atomic E-state index is 12.4. The van der Waals surface area contributed by atoms with Gasteiger partial charge in [-0.15, -0.1) is 0 Å². The van der Waals surface area contributed by atoms with Crippen molar-refractivity contribution in [2.24, 2.45) is 5.92 Å². The predicted octanol–water partition coefficient (Wildman–Crippen LogP) is 2.77. The smallest absolute Gasteiger partial charge is 0.322 e. The monoisotopic (exact) mass is 336 g/mol. The minimum atomic E-state index is -0.151. The molecular formula is C19H20N4O2. The van der Waals surface area contributed by atoms with Gasteiger partial charge in [0.1, 0.15) is 0 Å². The first-order valence-corrected chi connectivity index (χ1v) is 8.55. The number of carbonyl (C=O) groups excluding carboxylic acids is 2. The largest absolute Gasteiger partial charge is 0.352 e. The van der Waals surface area contributed by atoms with Crippen molar-refractivity contribution in [2.75, 3.05) is 11.9 Å². The lowest BCUT2D eigenvalue weighted by atomic mass is 10.2. The Bertz CT molecular complexity index is 774. The van der Waals surface area contributed by atoms with Crippen LogP contribution < -0.4 is 10.6 Å². The van der Waals surface area contributed by atoms with Crippen LogP contribution in [0.4, 0.5) is 10.5 Å². The Morgan fingerprint density at radius 1 is 1.08 bits per heavy atom. The lowest BCUT2D eigenvalue weighted by molar-refractivity contribution is 0.0952. The summed E-state index contributed by atoms with van der Waals surface area (Å²) in [5.41, 5.74) is 3.50. The van der Waals surface area contributed by atoms with E-state index in [0.717, 1.165) is 17.7 Å². The van der Waals surface area contributed by atoms with Gasteiger partial charge in [0.15, 0.2) is 0 Å². The summed E-state index contributed by atoms with van der Waals surface area (Å²) in [4.78, 5) is 30.3. The third-order valence-corrected chi connectivity index (χ3v) is 4.66. The number of amides is 3. The van der Waals surface area contributed by atoms with E-state index >= 15 is 0 Å². The highest BCUT2D eigenvalue weighted by molar-refractivity contribution is 5.95. The zero-order valence-electron chi connectivity index (χ0n) is 13.9. The van der Waals surface area contributed by atoms with Gasteiger partial charge in [-0.3, -0.25) is 9.78 Å². The number of hydrogen-bond donors (Lipinski definition) is 2. The number of fused-ring (bicyclic) bond motifs is 1. The van der Waals surface area contributed by atoms with E-state index in [1.165, 1.54) is 12.8 Å². The molecule has 1 aliphatic heterocycles. The number of benzene rings is 1. The fourth-order valence-corrected chi connectivity index (χ4v) is 2.93. The van der Waals surface area contributed by atoms with Gasteiger partial charge in [-0.05, 0) is 60.2 Å². The number of aromatic nitrogens is 1. The van der Waals surface area contributed by atoms with Crippen LogP contribution in [-0.2, 0) is 13.1 Å². The molecule has 2 aromatic rings. The van der Waals surface area contributed by atoms with Crippen molar-refractivity contribution in [3.05, 3.63) is 59.4 Å². The van der Waals surface area contributed by atoms with Gasteiger partial charge >= 0.3 is 6.03 Å². The predicted molar refractivity (Wildman–Crippen MR) is 94.0 cm³/mol. The van der Waals surface area contributed by atoms with Crippen LogP contribution in [0.3, 0.4) is 0 Å². The molecule has 1 aromatic carbocycles. The molecule has 25 heavy (non-hydrogen) atoms. The summed E-state index contributed by atoms with van der Waals surface area (Å²) in [6.45, 7) is 1.91. The van der Waals surface area contributed by atoms with Crippen LogP contribution >= 0.6 is 0 Å². The van der Waals surface area contributed by atoms with E-state index in [1.54, 1.807) is 41.6 Å². The van der Waals surface area contributed by atoms with E-state index in [1.807, 2.05) is 6.07 Å². The Balaban J connectivity index is 1.33. The molecule has 1 aliphatic carbocycles. The van der Waals surface area contributed by atoms with E-state index in [-0.39, 0.29) is 11.9 Å². The second-order valence-corrected chi connectivity index (χ2v) is 6.66. The van der Waals surface area contributed by atoms with Gasteiger partial charge < -0.3 is 15.5 Å². The Kier molecular flexibility index (Phi) is 4.09. The van der Waals surface area contributed by atoms with Gasteiger partial charge in [0, 0.05) is 43.3 Å². The van der Waals surface area contributed by atoms with Crippen molar-refractivity contribution in [3.63, 3.8) is 0 Å². The van der Waals surface area contributed by atoms with Crippen molar-refractivity contribution in [1.29, 1.82) is 0 Å². The number of hydrogen-bond acceptors (Lipinski definition) is 3. The molecule has 4 rings (SSSR count). The highest BCUT2D eigenvalue weighted by Crippen LogP contribution is 2.27. The summed E-state index contributed by atoms with van der Waals surface area (Å²) in [5.74, 6) is 0.592. The Morgan fingerprint density at radius 2 is 1.84 bits per heavy atom. The van der Waals surface area contributed by atoms with E-state index < -0.39 is 0 Å². The summed E-state index contributed by atoms with van der Waals surface area (Å²) in [6.07, 6.45) is 5.97. The summed E-state index contributed by atoms with van der Waals surface area (Å²) in [6, 6.07) is 8.78. The maximum Gasteiger partial charge on any atom is 0.322 e. The summed E-state index contributed by atoms with van der Waals surface area (Å²) >= 11 is 0. The SMILES string of the molecule is O=C(NCC1CC1)c1ccc(NC(=O)N2Cc3ccncc3C2)cc1. The second kappa shape index (κ2) is 6.55. The number of pyridine rings is 1. The van der Waals surface area contributed by atoms with Gasteiger partial charge in [-0.2, -0.15) is 0 Å². The average Bonchev–Trinajstić information content (AvgIpc) is 3.36. The maximum atomic E-state index is 12.4. The molecule has 1 aromatic heterocycles. The molecular weight excluding hydrogens is 316 g/mol. The van der Waals surface area contributed by atoms with Gasteiger partial charge in [-0.25, -0.2) is 4.79 Å². The Morgan fingerprint density at radius 3 is 2.56 bits per heavy atom. The fraction of sp³-hybridized carbons (Fsp3) is 0.316. The number of anilines is 1. The molecule has 2 N–H and O–H groups in total. The molecule has 128 valence electrons. The molecule has 0 radical (unpaired) electrons. The minimum absolute atomic E-state index is 0.0627. The minimum Gasteiger partial charge on any atom is -0.352 e. The number of rotatable bonds is 4. The molecule has 2 aliphatic rings. The van der Waals surface area contributed by atoms with E-state index in [0.29, 0.717) is 30.3 Å². The molecule has 2 heterocycles. The van der Waals surface area contributed by atoms with Gasteiger partial charge in [0.05, 0.1) is 0 Å². The third-order valence-electron chi connectivity index (χ3n) is 4.66. The van der Waals surface area contributed by atoms with Crippen LogP contribution in [0.2, 0.25) is 0 Å². The number of nitrogens with zero attached hydrogens (tertiary/aromatic N) is 2. The molecule has 6 heteroatoms. The molecule has 3 amide bonds. The van der Waals surface area contributed by atoms with Gasteiger partial charge in [0.25, 0.3) is 5.91 Å². The fourth-order valence-electron chi connectivity index (χ4n) is 2.93. The first-order chi connectivity index (χ1) is 12.2. The second-order valence-electron chi connectivity index (χ2n) is 6.66. The number of nitrogens with one attached hydrogen (secondary N) is 2. The summed E-state index contributed by atoms with van der Waals surface area (Å²) in [5, 5.41) is 5.82. The topological polar surface area (TPSA) is 74.3 Å². The normalized spacial score (nSPS) is 15.6. The Hall–Kier alpha value is -2.89. The van der Waals surface area contributed by atoms with Gasteiger partial charge in [0.2, 0.25) is 0 Å². The molecule has 0 unspecified atom stereocenters. The van der Waals surface area contributed by atoms with Crippen molar-refractivity contribution >= 4 is 17.6 Å². The van der Waals surface area contributed by atoms with E-state index in [2.05, 4.69) is 15.6 Å². The zero-order valence-corrected chi connectivity index (χ0v) is 13.9. The number of carbonyl (C=O) groups is 2. The first-order valence-electron chi connectivity index (χ1n) is 8.55. The van der Waals surface area contributed by atoms with Crippen LogP contribution in [0.1, 0.15) is 34.3 Å². The third kappa shape index (κ3) is 3.63. The molecule has 1 fully saturated rings. The van der Waals surface area contributed by atoms with Gasteiger partial charge in [-0.1, -0.05) is 0 Å². The molecule has 0 spiro atoms. The molecule has 1 saturated carbocycles. The average molecular weight is 336 g/mol. The highest BCUT2D eigenvalue weighted by Gasteiger charge is 2.23. The van der Waals surface area contributed by atoms with E-state index in [4.69, 9.17) is 0 Å². The molecule has 6 nitrogen and oxygen atoms in total. The Labute approximate surface area is 146 Å². The van der Waals surface area contributed by atoms with Crippen LogP contribution in [-0.4, -0.2) is 28.4 Å². The van der Waals surface area contributed by atoms with Crippen molar-refractivity contribution in [2.45, 2.75) is 25.9 Å². The zero-order chi connectivity index (χ0) is 17.2. The first kappa shape index (κ1) is 15.6. The van der Waals surface area contributed by atoms with Crippen LogP contribution in [0, 0.1) is 5.92 Å². The van der Waals surface area contributed by atoms with Crippen molar-refractivity contribution in [3.8, 4) is 0 Å². The summed E-state index contributed by atoms with van der Waals surface area (Å²) < 4.78 is 0. The highest BCUT2D eigenvalue weighted by atomic mass is 16.2. The summed E-state index contributed by atoms with van der Waals surface area (Å²) in [7, 11) is 0. The molecule has 0 bridgehead atoms. The van der Waals surface area contributed by atoms with E-state index in [9.17, 15) is 9.59 Å². The standard InChI is InChI=1S/C19H20N4O2/c24-18(21-9-13-1-2-13)14-3-5-17(6-4-14)22-19(25)23-11-15-7-8-20-10-16(15)12-23/h3-8,10,13H,1-2,9,11-12H2,(H,21,24)(H,22,25). The molecule has 0 saturated heterocycles. The lowest BCUT2D eigenvalue weighted by Gasteiger charge is -2.16. The van der Waals surface area contributed by atoms with Crippen LogP contribution in [0.5, 0.6) is 0 Å². The van der Waals surface area contributed by atoms with Crippen molar-refractivity contribution in [1.82, 2.24) is 15.2 Å². The molecule has 0 atom stereocenters. The lowest BCUT2D eigenvalue weighted by Crippen LogP contribution is -2.30. The van der Waals surface area contributed by atoms with Crippen LogP contribution in [0.25, 0.3) is 0 Å². The number of urea groups is 1. The van der Waals surface area contributed by atoms with Crippen LogP contribution in [0.15, 0.2) is 42.7 Å². The van der Waals surface area contributed by atoms with Crippen molar-refractivity contribution < 1.29 is 9.59 Å².